The van der Waals surface area contributed by atoms with Crippen LogP contribution in [0.4, 0.5) is 0 Å². The van der Waals surface area contributed by atoms with Crippen molar-refractivity contribution >= 4 is 5.97 Å². The van der Waals surface area contributed by atoms with Gasteiger partial charge < -0.3 is 9.26 Å². The molecule has 1 N–H and O–H groups in total. The fourth-order valence-corrected chi connectivity index (χ4v) is 2.14. The summed E-state index contributed by atoms with van der Waals surface area (Å²) in [6.07, 6.45) is 3.78. The fraction of sp³-hybridized carbons (Fsp3) is 0.545. The first-order valence-electron chi connectivity index (χ1n) is 6.14. The maximum Gasteiger partial charge on any atom is 0.321 e. The molecule has 2 heterocycles. The van der Waals surface area contributed by atoms with Crippen molar-refractivity contribution in [1.29, 1.82) is 0 Å². The second kappa shape index (κ2) is 4.45. The molecular formula is C11H13N5O3. The van der Waals surface area contributed by atoms with Crippen molar-refractivity contribution in [3.05, 3.63) is 12.1 Å². The Morgan fingerprint density at radius 3 is 3.00 bits per heavy atom. The summed E-state index contributed by atoms with van der Waals surface area (Å²) in [7, 11) is 0. The van der Waals surface area contributed by atoms with E-state index in [1.54, 1.807) is 6.92 Å². The van der Waals surface area contributed by atoms with Crippen LogP contribution in [0.5, 0.6) is 0 Å². The molecule has 0 amide bonds. The summed E-state index contributed by atoms with van der Waals surface area (Å²) in [5.41, 5.74) is -0.293. The Labute approximate surface area is 108 Å². The number of hydrogen-bond acceptors (Lipinski definition) is 7. The number of aromatic nitrogens is 5. The van der Waals surface area contributed by atoms with Crippen LogP contribution in [0, 0.1) is 0 Å². The van der Waals surface area contributed by atoms with Crippen LogP contribution in [0.3, 0.4) is 0 Å². The van der Waals surface area contributed by atoms with Crippen LogP contribution in [-0.4, -0.2) is 38.1 Å². The number of esters is 1. The molecule has 0 spiro atoms. The topological polar surface area (TPSA) is 107 Å². The highest BCUT2D eigenvalue weighted by Gasteiger charge is 2.52. The molecule has 0 saturated heterocycles. The molecule has 19 heavy (non-hydrogen) atoms. The van der Waals surface area contributed by atoms with Crippen molar-refractivity contribution in [2.45, 2.75) is 31.6 Å². The molecule has 1 fully saturated rings. The van der Waals surface area contributed by atoms with Crippen LogP contribution in [0.1, 0.15) is 32.1 Å². The standard InChI is InChI=1S/C11H13N5O3/c1-2-18-10(17)11(4-3-5-11)9-13-8(15-19-9)7-6-12-16-14-7/h6H,2-5H2,1H3,(H,12,14,16). The van der Waals surface area contributed by atoms with Crippen LogP contribution < -0.4 is 0 Å². The lowest BCUT2D eigenvalue weighted by molar-refractivity contribution is -0.155. The number of carbonyl (C=O) groups excluding carboxylic acids is 1. The Kier molecular flexibility index (Phi) is 2.77. The summed E-state index contributed by atoms with van der Waals surface area (Å²) < 4.78 is 10.3. The largest absolute Gasteiger partial charge is 0.465 e. The Morgan fingerprint density at radius 2 is 2.42 bits per heavy atom. The normalized spacial score (nSPS) is 16.9. The van der Waals surface area contributed by atoms with Crippen molar-refractivity contribution in [3.8, 4) is 11.5 Å². The summed E-state index contributed by atoms with van der Waals surface area (Å²) in [6.45, 7) is 2.11. The highest BCUT2D eigenvalue weighted by Crippen LogP contribution is 2.44. The van der Waals surface area contributed by atoms with Crippen molar-refractivity contribution in [2.75, 3.05) is 6.61 Å². The molecular weight excluding hydrogens is 250 g/mol. The fourth-order valence-electron chi connectivity index (χ4n) is 2.14. The molecule has 0 unspecified atom stereocenters. The van der Waals surface area contributed by atoms with Crippen molar-refractivity contribution in [3.63, 3.8) is 0 Å². The van der Waals surface area contributed by atoms with Crippen LogP contribution in [0.15, 0.2) is 10.7 Å². The van der Waals surface area contributed by atoms with Gasteiger partial charge in [-0.1, -0.05) is 11.6 Å². The number of aromatic amines is 1. The summed E-state index contributed by atoms with van der Waals surface area (Å²) >= 11 is 0. The molecule has 2 aromatic rings. The average molecular weight is 263 g/mol. The first-order valence-corrected chi connectivity index (χ1v) is 6.14. The quantitative estimate of drug-likeness (QED) is 0.814. The van der Waals surface area contributed by atoms with Crippen LogP contribution >= 0.6 is 0 Å². The Morgan fingerprint density at radius 1 is 1.58 bits per heavy atom. The Bertz CT molecular complexity index is 573. The van der Waals surface area contributed by atoms with Crippen molar-refractivity contribution < 1.29 is 14.1 Å². The first-order chi connectivity index (χ1) is 9.26. The van der Waals surface area contributed by atoms with E-state index in [-0.39, 0.29) is 5.97 Å². The van der Waals surface area contributed by atoms with Gasteiger partial charge in [0.2, 0.25) is 11.7 Å². The van der Waals surface area contributed by atoms with Gasteiger partial charge in [0, 0.05) is 0 Å². The number of ether oxygens (including phenoxy) is 1. The maximum atomic E-state index is 12.1. The number of carbonyl (C=O) groups is 1. The number of rotatable bonds is 4. The number of nitrogens with one attached hydrogen (secondary N) is 1. The number of H-pyrrole nitrogens is 1. The van der Waals surface area contributed by atoms with Crippen LogP contribution in [0.25, 0.3) is 11.5 Å². The molecule has 1 aliphatic carbocycles. The predicted molar refractivity (Wildman–Crippen MR) is 61.8 cm³/mol. The van der Waals surface area contributed by atoms with Crippen molar-refractivity contribution in [2.24, 2.45) is 0 Å². The minimum Gasteiger partial charge on any atom is -0.465 e. The molecule has 0 atom stereocenters. The highest BCUT2D eigenvalue weighted by molar-refractivity contribution is 5.83. The highest BCUT2D eigenvalue weighted by atomic mass is 16.5. The second-order valence-electron chi connectivity index (χ2n) is 4.43. The molecule has 2 aromatic heterocycles. The SMILES string of the molecule is CCOC(=O)C1(c2nc(-c3cn[nH]n3)no2)CCC1. The summed E-state index contributed by atoms with van der Waals surface area (Å²) in [4.78, 5) is 16.3. The average Bonchev–Trinajstić information content (AvgIpc) is 2.97. The molecule has 8 heteroatoms. The molecule has 1 aliphatic rings. The maximum absolute atomic E-state index is 12.1. The summed E-state index contributed by atoms with van der Waals surface area (Å²) in [5.74, 6) is 0.325. The molecule has 1 saturated carbocycles. The van der Waals surface area contributed by atoms with E-state index in [2.05, 4.69) is 25.6 Å². The lowest BCUT2D eigenvalue weighted by Gasteiger charge is -2.35. The van der Waals surface area contributed by atoms with Crippen LogP contribution in [-0.2, 0) is 14.9 Å². The number of hydrogen-bond donors (Lipinski definition) is 1. The van der Waals surface area contributed by atoms with E-state index in [9.17, 15) is 4.79 Å². The minimum absolute atomic E-state index is 0.295. The van der Waals surface area contributed by atoms with E-state index >= 15 is 0 Å². The third-order valence-corrected chi connectivity index (χ3v) is 3.35. The zero-order valence-electron chi connectivity index (χ0n) is 10.4. The summed E-state index contributed by atoms with van der Waals surface area (Å²) in [6, 6.07) is 0. The Balaban J connectivity index is 1.91. The molecule has 100 valence electrons. The minimum atomic E-state index is -0.773. The Hall–Kier alpha value is -2.25. The smallest absolute Gasteiger partial charge is 0.321 e. The van der Waals surface area contributed by atoms with E-state index < -0.39 is 5.41 Å². The van der Waals surface area contributed by atoms with Crippen LogP contribution in [0.2, 0.25) is 0 Å². The molecule has 0 aromatic carbocycles. The van der Waals surface area contributed by atoms with Gasteiger partial charge >= 0.3 is 5.97 Å². The second-order valence-corrected chi connectivity index (χ2v) is 4.43. The molecule has 3 rings (SSSR count). The summed E-state index contributed by atoms with van der Waals surface area (Å²) in [5, 5.41) is 13.9. The van der Waals surface area contributed by atoms with Gasteiger partial charge in [0.1, 0.15) is 5.41 Å². The van der Waals surface area contributed by atoms with Gasteiger partial charge in [0.15, 0.2) is 5.69 Å². The zero-order valence-corrected chi connectivity index (χ0v) is 10.4. The van der Waals surface area contributed by atoms with Gasteiger partial charge in [-0.15, -0.1) is 0 Å². The first kappa shape index (κ1) is 11.8. The molecule has 0 bridgehead atoms. The third kappa shape index (κ3) is 1.79. The van der Waals surface area contributed by atoms with E-state index in [1.165, 1.54) is 6.20 Å². The van der Waals surface area contributed by atoms with Gasteiger partial charge in [0.05, 0.1) is 12.8 Å². The number of nitrogens with zero attached hydrogens (tertiary/aromatic N) is 4. The van der Waals surface area contributed by atoms with Gasteiger partial charge in [-0.25, -0.2) is 0 Å². The van der Waals surface area contributed by atoms with Gasteiger partial charge in [-0.2, -0.15) is 20.4 Å². The van der Waals surface area contributed by atoms with Crippen molar-refractivity contribution in [1.82, 2.24) is 25.6 Å². The predicted octanol–water partition coefficient (Wildman–Crippen LogP) is 0.839. The third-order valence-electron chi connectivity index (χ3n) is 3.35. The lowest BCUT2D eigenvalue weighted by Crippen LogP contribution is -2.44. The van der Waals surface area contributed by atoms with E-state index in [0.717, 1.165) is 6.42 Å². The van der Waals surface area contributed by atoms with Gasteiger partial charge in [-0.05, 0) is 19.8 Å². The lowest BCUT2D eigenvalue weighted by atomic mass is 9.68. The monoisotopic (exact) mass is 263 g/mol. The van der Waals surface area contributed by atoms with E-state index in [1.807, 2.05) is 0 Å². The van der Waals surface area contributed by atoms with E-state index in [0.29, 0.717) is 36.9 Å². The van der Waals surface area contributed by atoms with Gasteiger partial charge in [0.25, 0.3) is 0 Å². The molecule has 0 radical (unpaired) electrons. The molecule has 8 nitrogen and oxygen atoms in total. The van der Waals surface area contributed by atoms with Gasteiger partial charge in [-0.3, -0.25) is 4.79 Å². The zero-order chi connectivity index (χ0) is 13.3. The molecule has 0 aliphatic heterocycles. The van der Waals surface area contributed by atoms with E-state index in [4.69, 9.17) is 9.26 Å².